The highest BCUT2D eigenvalue weighted by Gasteiger charge is 2.66. The van der Waals surface area contributed by atoms with Gasteiger partial charge in [0.2, 0.25) is 0 Å². The maximum absolute atomic E-state index is 10.3. The molecule has 0 aromatic carbocycles. The van der Waals surface area contributed by atoms with E-state index in [1.54, 1.807) is 0 Å². The Balaban J connectivity index is 1.92. The topological polar surface area (TPSA) is 17.1 Å². The number of rotatable bonds is 4. The summed E-state index contributed by atoms with van der Waals surface area (Å²) in [5, 5.41) is 0. The van der Waals surface area contributed by atoms with Gasteiger partial charge >= 0.3 is 0 Å². The minimum absolute atomic E-state index is 0.514. The molecule has 2 aliphatic carbocycles. The normalized spacial score (nSPS) is 43.4. The quantitative estimate of drug-likeness (QED) is 0.495. The minimum atomic E-state index is 0.514. The van der Waals surface area contributed by atoms with Crippen LogP contribution in [0.2, 0.25) is 0 Å². The summed E-state index contributed by atoms with van der Waals surface area (Å²) in [5.74, 6) is 1.87. The Bertz CT molecular complexity index is 244. The Kier molecular flexibility index (Phi) is 2.24. The van der Waals surface area contributed by atoms with Crippen LogP contribution in [0.25, 0.3) is 0 Å². The molecule has 1 nitrogen and oxygen atoms in total. The number of carbonyl (C=O) groups is 1. The largest absolute Gasteiger partial charge is 0.303 e. The van der Waals surface area contributed by atoms with Crippen LogP contribution in [0.1, 0.15) is 52.9 Å². The van der Waals surface area contributed by atoms with Gasteiger partial charge in [0.15, 0.2) is 0 Å². The van der Waals surface area contributed by atoms with Crippen molar-refractivity contribution in [2.75, 3.05) is 0 Å². The molecule has 0 aliphatic heterocycles. The predicted molar refractivity (Wildman–Crippen MR) is 58.0 cm³/mol. The summed E-state index contributed by atoms with van der Waals surface area (Å²) in [6.45, 7) is 7.33. The zero-order valence-electron chi connectivity index (χ0n) is 9.68. The first-order chi connectivity index (χ1) is 6.52. The highest BCUT2D eigenvalue weighted by molar-refractivity contribution is 5.48. The van der Waals surface area contributed by atoms with Crippen LogP contribution in [0.3, 0.4) is 0 Å². The lowest BCUT2D eigenvalue weighted by Crippen LogP contribution is -2.27. The van der Waals surface area contributed by atoms with Crippen molar-refractivity contribution in [3.8, 4) is 0 Å². The first-order valence-corrected chi connectivity index (χ1v) is 5.96. The van der Waals surface area contributed by atoms with E-state index in [-0.39, 0.29) is 0 Å². The van der Waals surface area contributed by atoms with Crippen LogP contribution in [-0.2, 0) is 4.79 Å². The molecule has 0 aromatic heterocycles. The Labute approximate surface area is 87.3 Å². The van der Waals surface area contributed by atoms with Crippen LogP contribution < -0.4 is 0 Å². The van der Waals surface area contributed by atoms with Gasteiger partial charge in [0, 0.05) is 6.42 Å². The molecule has 0 radical (unpaired) electrons. The summed E-state index contributed by atoms with van der Waals surface area (Å²) in [6.07, 6.45) is 7.04. The lowest BCUT2D eigenvalue weighted by atomic mass is 9.70. The number of carbonyl (C=O) groups excluding carboxylic acids is 1. The standard InChI is InChI=1S/C13H22O/c1-12(2)10(6-4-5-7-14)8-11-9-13(11,12)3/h7,10-11H,4-6,8-9H2,1-3H3/t10-,11?,13?/m0/s1. The molecule has 0 saturated heterocycles. The lowest BCUT2D eigenvalue weighted by Gasteiger charge is -2.35. The van der Waals surface area contributed by atoms with Gasteiger partial charge in [0.25, 0.3) is 0 Å². The maximum Gasteiger partial charge on any atom is 0.119 e. The van der Waals surface area contributed by atoms with E-state index in [2.05, 4.69) is 20.8 Å². The summed E-state index contributed by atoms with van der Waals surface area (Å²) < 4.78 is 0. The van der Waals surface area contributed by atoms with Crippen LogP contribution in [0.4, 0.5) is 0 Å². The third-order valence-corrected chi connectivity index (χ3v) is 5.35. The van der Waals surface area contributed by atoms with Crippen molar-refractivity contribution in [3.05, 3.63) is 0 Å². The van der Waals surface area contributed by atoms with Gasteiger partial charge in [-0.3, -0.25) is 0 Å². The third kappa shape index (κ3) is 1.24. The fourth-order valence-electron chi connectivity index (χ4n) is 3.62. The van der Waals surface area contributed by atoms with Crippen molar-refractivity contribution in [1.82, 2.24) is 0 Å². The van der Waals surface area contributed by atoms with E-state index in [0.29, 0.717) is 10.8 Å². The minimum Gasteiger partial charge on any atom is -0.303 e. The monoisotopic (exact) mass is 194 g/mol. The average molecular weight is 194 g/mol. The first-order valence-electron chi connectivity index (χ1n) is 5.96. The molecule has 0 heterocycles. The second-order valence-electron chi connectivity index (χ2n) is 6.07. The molecule has 2 aliphatic rings. The average Bonchev–Trinajstić information content (AvgIpc) is 2.72. The zero-order chi connectivity index (χ0) is 10.4. The zero-order valence-corrected chi connectivity index (χ0v) is 9.68. The van der Waals surface area contributed by atoms with Gasteiger partial charge in [-0.1, -0.05) is 20.8 Å². The van der Waals surface area contributed by atoms with Crippen molar-refractivity contribution < 1.29 is 4.79 Å². The molecule has 0 N–H and O–H groups in total. The van der Waals surface area contributed by atoms with Gasteiger partial charge < -0.3 is 4.79 Å². The van der Waals surface area contributed by atoms with Crippen LogP contribution in [0, 0.1) is 22.7 Å². The van der Waals surface area contributed by atoms with E-state index in [9.17, 15) is 4.79 Å². The van der Waals surface area contributed by atoms with E-state index in [1.165, 1.54) is 19.3 Å². The van der Waals surface area contributed by atoms with Gasteiger partial charge in [0.05, 0.1) is 0 Å². The van der Waals surface area contributed by atoms with Gasteiger partial charge in [-0.25, -0.2) is 0 Å². The van der Waals surface area contributed by atoms with Gasteiger partial charge in [-0.05, 0) is 48.3 Å². The number of hydrogen-bond acceptors (Lipinski definition) is 1. The highest BCUT2D eigenvalue weighted by atomic mass is 16.1. The molecule has 0 amide bonds. The van der Waals surface area contributed by atoms with Crippen molar-refractivity contribution in [2.45, 2.75) is 52.9 Å². The molecule has 2 saturated carbocycles. The maximum atomic E-state index is 10.3. The third-order valence-electron chi connectivity index (χ3n) is 5.35. The molecular formula is C13H22O. The fraction of sp³-hybridized carbons (Fsp3) is 0.923. The summed E-state index contributed by atoms with van der Waals surface area (Å²) in [5.41, 5.74) is 1.15. The van der Waals surface area contributed by atoms with Crippen molar-refractivity contribution in [2.24, 2.45) is 22.7 Å². The number of aldehydes is 1. The van der Waals surface area contributed by atoms with Crippen LogP contribution in [0.5, 0.6) is 0 Å². The van der Waals surface area contributed by atoms with Crippen molar-refractivity contribution >= 4 is 6.29 Å². The molecule has 2 rings (SSSR count). The Hall–Kier alpha value is -0.330. The highest BCUT2D eigenvalue weighted by Crippen LogP contribution is 2.74. The van der Waals surface area contributed by atoms with E-state index < -0.39 is 0 Å². The van der Waals surface area contributed by atoms with Crippen LogP contribution in [-0.4, -0.2) is 6.29 Å². The van der Waals surface area contributed by atoms with E-state index >= 15 is 0 Å². The first kappa shape index (κ1) is 10.2. The molecular weight excluding hydrogens is 172 g/mol. The summed E-state index contributed by atoms with van der Waals surface area (Å²) in [7, 11) is 0. The van der Waals surface area contributed by atoms with Gasteiger partial charge in [0.1, 0.15) is 6.29 Å². The molecule has 14 heavy (non-hydrogen) atoms. The Morgan fingerprint density at radius 2 is 2.07 bits per heavy atom. The summed E-state index contributed by atoms with van der Waals surface area (Å²) in [4.78, 5) is 10.3. The lowest BCUT2D eigenvalue weighted by molar-refractivity contribution is -0.108. The molecule has 0 bridgehead atoms. The number of unbranched alkanes of at least 4 members (excludes halogenated alkanes) is 1. The van der Waals surface area contributed by atoms with Gasteiger partial charge in [-0.2, -0.15) is 0 Å². The summed E-state index contributed by atoms with van der Waals surface area (Å²) >= 11 is 0. The second kappa shape index (κ2) is 3.08. The van der Waals surface area contributed by atoms with E-state index in [0.717, 1.165) is 31.0 Å². The SMILES string of the molecule is CC12CC1C[C@H](CCCC=O)C2(C)C. The Morgan fingerprint density at radius 1 is 1.36 bits per heavy atom. The van der Waals surface area contributed by atoms with Crippen LogP contribution >= 0.6 is 0 Å². The van der Waals surface area contributed by atoms with Crippen molar-refractivity contribution in [1.29, 1.82) is 0 Å². The molecule has 0 spiro atoms. The number of fused-ring (bicyclic) bond motifs is 1. The second-order valence-corrected chi connectivity index (χ2v) is 6.07. The number of hydrogen-bond donors (Lipinski definition) is 0. The smallest absolute Gasteiger partial charge is 0.119 e. The fourth-order valence-corrected chi connectivity index (χ4v) is 3.62. The van der Waals surface area contributed by atoms with Crippen molar-refractivity contribution in [3.63, 3.8) is 0 Å². The molecule has 2 unspecified atom stereocenters. The summed E-state index contributed by atoms with van der Waals surface area (Å²) in [6, 6.07) is 0. The molecule has 80 valence electrons. The molecule has 3 atom stereocenters. The van der Waals surface area contributed by atoms with E-state index in [4.69, 9.17) is 0 Å². The Morgan fingerprint density at radius 3 is 2.57 bits per heavy atom. The molecule has 2 fully saturated rings. The van der Waals surface area contributed by atoms with Crippen LogP contribution in [0.15, 0.2) is 0 Å². The molecule has 1 heteroatoms. The predicted octanol–water partition coefficient (Wildman–Crippen LogP) is 3.43. The van der Waals surface area contributed by atoms with E-state index in [1.807, 2.05) is 0 Å². The molecule has 0 aromatic rings. The van der Waals surface area contributed by atoms with Gasteiger partial charge in [-0.15, -0.1) is 0 Å².